The van der Waals surface area contributed by atoms with Gasteiger partial charge in [0.05, 0.1) is 18.2 Å². The molecule has 6 heteroatoms. The second-order valence-corrected chi connectivity index (χ2v) is 7.22. The van der Waals surface area contributed by atoms with Gasteiger partial charge in [-0.3, -0.25) is 0 Å². The van der Waals surface area contributed by atoms with Crippen molar-refractivity contribution in [3.63, 3.8) is 0 Å². The Morgan fingerprint density at radius 3 is 2.57 bits per heavy atom. The van der Waals surface area contributed by atoms with Crippen LogP contribution >= 0.6 is 11.6 Å². The lowest BCUT2D eigenvalue weighted by molar-refractivity contribution is 0.0526. The summed E-state index contributed by atoms with van der Waals surface area (Å²) in [6.07, 6.45) is 4.02. The summed E-state index contributed by atoms with van der Waals surface area (Å²) in [7, 11) is 0. The Morgan fingerprint density at radius 2 is 1.86 bits per heavy atom. The summed E-state index contributed by atoms with van der Waals surface area (Å²) in [5.41, 5.74) is 2.09. The van der Waals surface area contributed by atoms with Crippen LogP contribution in [0.2, 0.25) is 5.02 Å². The zero-order valence-electron chi connectivity index (χ0n) is 16.0. The number of urea groups is 1. The van der Waals surface area contributed by atoms with Gasteiger partial charge in [0.15, 0.2) is 0 Å². The lowest BCUT2D eigenvalue weighted by Gasteiger charge is -2.31. The fourth-order valence-electron chi connectivity index (χ4n) is 3.52. The van der Waals surface area contributed by atoms with E-state index in [1.165, 1.54) is 0 Å². The molecule has 148 valence electrons. The van der Waals surface area contributed by atoms with Crippen molar-refractivity contribution >= 4 is 29.3 Å². The van der Waals surface area contributed by atoms with Crippen LogP contribution in [0.15, 0.2) is 48.5 Å². The molecule has 2 amide bonds. The Hall–Kier alpha value is -2.53. The number of nitrogens with one attached hydrogen (secondary N) is 1. The van der Waals surface area contributed by atoms with E-state index in [0.29, 0.717) is 29.4 Å². The van der Waals surface area contributed by atoms with Gasteiger partial charge in [-0.1, -0.05) is 42.6 Å². The molecule has 1 aliphatic rings. The first-order chi connectivity index (χ1) is 13.6. The molecule has 0 bridgehead atoms. The highest BCUT2D eigenvalue weighted by Gasteiger charge is 2.28. The molecular formula is C22H25ClN2O3. The highest BCUT2D eigenvalue weighted by Crippen LogP contribution is 2.34. The molecule has 3 rings (SSSR count). The third kappa shape index (κ3) is 4.84. The van der Waals surface area contributed by atoms with Gasteiger partial charge in [-0.05, 0) is 55.7 Å². The molecule has 1 unspecified atom stereocenters. The molecule has 0 aromatic heterocycles. The van der Waals surface area contributed by atoms with Crippen LogP contribution in [-0.2, 0) is 4.74 Å². The van der Waals surface area contributed by atoms with Crippen molar-refractivity contribution in [1.29, 1.82) is 0 Å². The van der Waals surface area contributed by atoms with E-state index in [2.05, 4.69) is 5.32 Å². The van der Waals surface area contributed by atoms with Gasteiger partial charge in [-0.2, -0.15) is 0 Å². The van der Waals surface area contributed by atoms with Crippen LogP contribution < -0.4 is 5.32 Å². The number of esters is 1. The first kappa shape index (κ1) is 20.2. The van der Waals surface area contributed by atoms with Gasteiger partial charge in [0.1, 0.15) is 0 Å². The molecule has 0 spiro atoms. The van der Waals surface area contributed by atoms with Crippen molar-refractivity contribution in [2.24, 2.45) is 0 Å². The molecule has 0 saturated carbocycles. The SMILES string of the molecule is CCOC(=O)c1ccc(NC(=O)N2CCCCCC2c2ccccc2Cl)cc1. The summed E-state index contributed by atoms with van der Waals surface area (Å²) in [5.74, 6) is -0.369. The van der Waals surface area contributed by atoms with Gasteiger partial charge in [0, 0.05) is 17.3 Å². The first-order valence-corrected chi connectivity index (χ1v) is 10.1. The highest BCUT2D eigenvalue weighted by atomic mass is 35.5. The number of benzene rings is 2. The lowest BCUT2D eigenvalue weighted by atomic mass is 10.0. The third-order valence-electron chi connectivity index (χ3n) is 4.93. The van der Waals surface area contributed by atoms with Crippen LogP contribution in [0.4, 0.5) is 10.5 Å². The number of carbonyl (C=O) groups is 2. The van der Waals surface area contributed by atoms with E-state index in [-0.39, 0.29) is 18.0 Å². The summed E-state index contributed by atoms with van der Waals surface area (Å²) in [5, 5.41) is 3.63. The maximum atomic E-state index is 13.0. The van der Waals surface area contributed by atoms with Gasteiger partial charge in [-0.15, -0.1) is 0 Å². The summed E-state index contributed by atoms with van der Waals surface area (Å²) >= 11 is 6.41. The van der Waals surface area contributed by atoms with E-state index >= 15 is 0 Å². The lowest BCUT2D eigenvalue weighted by Crippen LogP contribution is -2.38. The van der Waals surface area contributed by atoms with Crippen molar-refractivity contribution in [2.75, 3.05) is 18.5 Å². The van der Waals surface area contributed by atoms with Crippen molar-refractivity contribution in [2.45, 2.75) is 38.6 Å². The normalized spacial score (nSPS) is 16.9. The van der Waals surface area contributed by atoms with E-state index in [0.717, 1.165) is 31.2 Å². The molecule has 5 nitrogen and oxygen atoms in total. The maximum absolute atomic E-state index is 13.0. The molecule has 0 radical (unpaired) electrons. The zero-order chi connectivity index (χ0) is 19.9. The van der Waals surface area contributed by atoms with Crippen molar-refractivity contribution in [1.82, 2.24) is 4.90 Å². The minimum absolute atomic E-state index is 0.0463. The number of ether oxygens (including phenoxy) is 1. The largest absolute Gasteiger partial charge is 0.462 e. The fourth-order valence-corrected chi connectivity index (χ4v) is 3.78. The van der Waals surface area contributed by atoms with Crippen LogP contribution in [0.25, 0.3) is 0 Å². The Morgan fingerprint density at radius 1 is 1.11 bits per heavy atom. The minimum atomic E-state index is -0.369. The molecule has 2 aromatic carbocycles. The molecule has 1 fully saturated rings. The molecule has 0 aliphatic carbocycles. The predicted octanol–water partition coefficient (Wildman–Crippen LogP) is 5.67. The van der Waals surface area contributed by atoms with Crippen LogP contribution in [0.1, 0.15) is 54.6 Å². The number of likely N-dealkylation sites (tertiary alicyclic amines) is 1. The van der Waals surface area contributed by atoms with Crippen LogP contribution in [-0.4, -0.2) is 30.1 Å². The zero-order valence-corrected chi connectivity index (χ0v) is 16.7. The molecule has 1 atom stereocenters. The Kier molecular flexibility index (Phi) is 6.93. The topological polar surface area (TPSA) is 58.6 Å². The molecule has 28 heavy (non-hydrogen) atoms. The monoisotopic (exact) mass is 400 g/mol. The second kappa shape index (κ2) is 9.60. The molecule has 1 saturated heterocycles. The Balaban J connectivity index is 1.75. The number of amides is 2. The summed E-state index contributed by atoms with van der Waals surface area (Å²) in [6.45, 7) is 2.78. The van der Waals surface area contributed by atoms with Gasteiger partial charge in [0.2, 0.25) is 0 Å². The van der Waals surface area contributed by atoms with Gasteiger partial charge < -0.3 is 15.0 Å². The van der Waals surface area contributed by atoms with Crippen LogP contribution in [0.5, 0.6) is 0 Å². The van der Waals surface area contributed by atoms with Gasteiger partial charge in [-0.25, -0.2) is 9.59 Å². The number of nitrogens with zero attached hydrogens (tertiary/aromatic N) is 1. The Bertz CT molecular complexity index is 823. The molecular weight excluding hydrogens is 376 g/mol. The second-order valence-electron chi connectivity index (χ2n) is 6.81. The predicted molar refractivity (Wildman–Crippen MR) is 111 cm³/mol. The smallest absolute Gasteiger partial charge is 0.338 e. The van der Waals surface area contributed by atoms with Crippen molar-refractivity contribution < 1.29 is 14.3 Å². The summed E-state index contributed by atoms with van der Waals surface area (Å²) < 4.78 is 4.99. The average molecular weight is 401 g/mol. The van der Waals surface area contributed by atoms with Crippen molar-refractivity contribution in [3.8, 4) is 0 Å². The number of rotatable bonds is 4. The van der Waals surface area contributed by atoms with Crippen molar-refractivity contribution in [3.05, 3.63) is 64.7 Å². The summed E-state index contributed by atoms with van der Waals surface area (Å²) in [6, 6.07) is 14.3. The fraction of sp³-hybridized carbons (Fsp3) is 0.364. The third-order valence-corrected chi connectivity index (χ3v) is 5.27. The average Bonchev–Trinajstić information content (AvgIpc) is 2.95. The van der Waals surface area contributed by atoms with Gasteiger partial charge >= 0.3 is 12.0 Å². The number of halogens is 1. The van der Waals surface area contributed by atoms with E-state index < -0.39 is 0 Å². The van der Waals surface area contributed by atoms with E-state index in [1.807, 2.05) is 29.2 Å². The quantitative estimate of drug-likeness (QED) is 0.673. The van der Waals surface area contributed by atoms with Crippen LogP contribution in [0.3, 0.4) is 0 Å². The standard InChI is InChI=1S/C22H25ClN2O3/c1-2-28-21(26)16-11-13-17(14-12-16)24-22(27)25-15-7-3-4-10-20(25)18-8-5-6-9-19(18)23/h5-6,8-9,11-14,20H,2-4,7,10,15H2,1H3,(H,24,27). The molecule has 1 aliphatic heterocycles. The first-order valence-electron chi connectivity index (χ1n) is 9.69. The molecule has 2 aromatic rings. The highest BCUT2D eigenvalue weighted by molar-refractivity contribution is 6.31. The van der Waals surface area contributed by atoms with Gasteiger partial charge in [0.25, 0.3) is 0 Å². The minimum Gasteiger partial charge on any atom is -0.462 e. The number of hydrogen-bond acceptors (Lipinski definition) is 3. The van der Waals surface area contributed by atoms with E-state index in [1.54, 1.807) is 31.2 Å². The number of carbonyl (C=O) groups excluding carboxylic acids is 2. The van der Waals surface area contributed by atoms with E-state index in [9.17, 15) is 9.59 Å². The molecule has 1 heterocycles. The Labute approximate surface area is 170 Å². The summed E-state index contributed by atoms with van der Waals surface area (Å²) in [4.78, 5) is 26.7. The molecule has 1 N–H and O–H groups in total. The van der Waals surface area contributed by atoms with Crippen LogP contribution in [0, 0.1) is 0 Å². The number of anilines is 1. The van der Waals surface area contributed by atoms with E-state index in [4.69, 9.17) is 16.3 Å². The maximum Gasteiger partial charge on any atom is 0.338 e. The number of hydrogen-bond donors (Lipinski definition) is 1.